The van der Waals surface area contributed by atoms with Gasteiger partial charge in [-0.2, -0.15) is 4.98 Å². The van der Waals surface area contributed by atoms with E-state index in [9.17, 15) is 4.79 Å². The van der Waals surface area contributed by atoms with Gasteiger partial charge in [0.1, 0.15) is 11.6 Å². The lowest BCUT2D eigenvalue weighted by Crippen LogP contribution is -2.24. The molecule has 0 unspecified atom stereocenters. The van der Waals surface area contributed by atoms with Gasteiger partial charge < -0.3 is 14.8 Å². The monoisotopic (exact) mass is 510 g/mol. The highest BCUT2D eigenvalue weighted by Crippen LogP contribution is 2.54. The van der Waals surface area contributed by atoms with Gasteiger partial charge in [0.05, 0.1) is 5.52 Å². The van der Waals surface area contributed by atoms with E-state index in [1.165, 1.54) is 11.6 Å². The van der Waals surface area contributed by atoms with E-state index in [2.05, 4.69) is 49.7 Å². The summed E-state index contributed by atoms with van der Waals surface area (Å²) in [4.78, 5) is 29.2. The Morgan fingerprint density at radius 3 is 2.66 bits per heavy atom. The Labute approximate surface area is 218 Å². The number of fused-ring (bicyclic) bond motifs is 1. The molecule has 2 atom stereocenters. The Balaban J connectivity index is 1.19. The van der Waals surface area contributed by atoms with Crippen LogP contribution in [0.25, 0.3) is 22.3 Å². The fourth-order valence-electron chi connectivity index (χ4n) is 4.64. The molecule has 8 nitrogen and oxygen atoms in total. The maximum absolute atomic E-state index is 15.1. The van der Waals surface area contributed by atoms with Crippen molar-refractivity contribution in [2.45, 2.75) is 51.0 Å². The number of benzene rings is 2. The molecule has 3 heterocycles. The third kappa shape index (κ3) is 4.55. The SMILES string of the molecule is CC(C)(C)c1noc(C(=O)NCc2ccc(-c3ccnc4nc([C@@H]5C[C@H]5c5ccccc5)[nH]c34)cc2F)n1. The number of H-pyrrole nitrogens is 1. The minimum Gasteiger partial charge on any atom is -0.344 e. The first-order valence-corrected chi connectivity index (χ1v) is 12.6. The van der Waals surface area contributed by atoms with Crippen LogP contribution in [-0.4, -0.2) is 31.0 Å². The smallest absolute Gasteiger partial charge is 0.315 e. The zero-order valence-corrected chi connectivity index (χ0v) is 21.3. The summed E-state index contributed by atoms with van der Waals surface area (Å²) >= 11 is 0. The van der Waals surface area contributed by atoms with Crippen molar-refractivity contribution in [1.29, 1.82) is 0 Å². The minimum atomic E-state index is -0.550. The molecule has 0 spiro atoms. The number of halogens is 1. The summed E-state index contributed by atoms with van der Waals surface area (Å²) in [7, 11) is 0. The number of aromatic nitrogens is 5. The summed E-state index contributed by atoms with van der Waals surface area (Å²) < 4.78 is 20.1. The molecule has 0 saturated heterocycles. The lowest BCUT2D eigenvalue weighted by molar-refractivity contribution is 0.0906. The number of aromatic amines is 1. The molecule has 5 aromatic rings. The number of carbonyl (C=O) groups is 1. The number of carbonyl (C=O) groups excluding carboxylic acids is 1. The zero-order valence-electron chi connectivity index (χ0n) is 21.3. The molecular formula is C29H27FN6O2. The van der Waals surface area contributed by atoms with E-state index in [4.69, 9.17) is 9.51 Å². The average Bonchev–Trinajstić information content (AvgIpc) is 3.31. The molecule has 0 radical (unpaired) electrons. The Morgan fingerprint density at radius 1 is 1.11 bits per heavy atom. The molecule has 1 amide bonds. The minimum absolute atomic E-state index is 0.0132. The van der Waals surface area contributed by atoms with Gasteiger partial charge in [0, 0.05) is 35.2 Å². The summed E-state index contributed by atoms with van der Waals surface area (Å²) in [6, 6.07) is 17.2. The summed E-state index contributed by atoms with van der Waals surface area (Å²) in [5.74, 6) is 0.975. The van der Waals surface area contributed by atoms with Crippen LogP contribution < -0.4 is 5.32 Å². The third-order valence-corrected chi connectivity index (χ3v) is 6.87. The van der Waals surface area contributed by atoms with Crippen molar-refractivity contribution in [2.24, 2.45) is 0 Å². The van der Waals surface area contributed by atoms with Gasteiger partial charge in [-0.15, -0.1) is 0 Å². The second kappa shape index (κ2) is 9.16. The lowest BCUT2D eigenvalue weighted by Gasteiger charge is -2.10. The Morgan fingerprint density at radius 2 is 1.92 bits per heavy atom. The van der Waals surface area contributed by atoms with Crippen LogP contribution in [0.1, 0.15) is 72.5 Å². The van der Waals surface area contributed by atoms with E-state index < -0.39 is 11.7 Å². The standard InChI is InChI=1S/C29H27FN6O2/c1-29(2,3)28-35-27(38-36-28)26(37)32-15-18-10-9-17(13-22(18)30)19-11-12-31-25-23(19)33-24(34-25)21-14-20(21)16-7-5-4-6-8-16/h4-13,20-21H,14-15H2,1-3H3,(H,32,37)(H,31,33,34)/t20-,21+/m0/s1. The van der Waals surface area contributed by atoms with Crippen LogP contribution in [-0.2, 0) is 12.0 Å². The number of nitrogens with one attached hydrogen (secondary N) is 2. The first-order valence-electron chi connectivity index (χ1n) is 12.6. The molecule has 0 aliphatic heterocycles. The van der Waals surface area contributed by atoms with E-state index >= 15 is 4.39 Å². The molecule has 9 heteroatoms. The van der Waals surface area contributed by atoms with E-state index in [1.54, 1.807) is 12.3 Å². The number of pyridine rings is 1. The van der Waals surface area contributed by atoms with Crippen molar-refractivity contribution in [1.82, 2.24) is 30.4 Å². The third-order valence-electron chi connectivity index (χ3n) is 6.87. The number of rotatable bonds is 6. The van der Waals surface area contributed by atoms with Gasteiger partial charge in [0.2, 0.25) is 0 Å². The summed E-state index contributed by atoms with van der Waals surface area (Å²) in [5.41, 5.74) is 4.22. The highest BCUT2D eigenvalue weighted by molar-refractivity contribution is 5.90. The molecule has 1 fully saturated rings. The maximum Gasteiger partial charge on any atom is 0.315 e. The Hall–Kier alpha value is -4.40. The van der Waals surface area contributed by atoms with Crippen molar-refractivity contribution in [3.63, 3.8) is 0 Å². The molecule has 192 valence electrons. The fraction of sp³-hybridized carbons (Fsp3) is 0.276. The van der Waals surface area contributed by atoms with Crippen molar-refractivity contribution in [3.8, 4) is 11.1 Å². The largest absolute Gasteiger partial charge is 0.344 e. The zero-order chi connectivity index (χ0) is 26.4. The van der Waals surface area contributed by atoms with E-state index in [0.717, 1.165) is 23.3 Å². The van der Waals surface area contributed by atoms with Crippen LogP contribution in [0.4, 0.5) is 4.39 Å². The second-order valence-electron chi connectivity index (χ2n) is 10.7. The summed E-state index contributed by atoms with van der Waals surface area (Å²) in [6.45, 7) is 5.75. The second-order valence-corrected chi connectivity index (χ2v) is 10.7. The molecule has 2 aromatic carbocycles. The fourth-order valence-corrected chi connectivity index (χ4v) is 4.64. The highest BCUT2D eigenvalue weighted by Gasteiger charge is 2.41. The molecule has 38 heavy (non-hydrogen) atoms. The molecule has 1 aliphatic carbocycles. The van der Waals surface area contributed by atoms with E-state index in [1.807, 2.05) is 39.0 Å². The molecule has 0 bridgehead atoms. The Kier molecular flexibility index (Phi) is 5.78. The van der Waals surface area contributed by atoms with Gasteiger partial charge >= 0.3 is 11.8 Å². The van der Waals surface area contributed by atoms with E-state index in [0.29, 0.717) is 34.4 Å². The molecular weight excluding hydrogens is 483 g/mol. The average molecular weight is 511 g/mol. The molecule has 6 rings (SSSR count). The van der Waals surface area contributed by atoms with E-state index in [-0.39, 0.29) is 17.9 Å². The number of hydrogen-bond donors (Lipinski definition) is 2. The predicted octanol–water partition coefficient (Wildman–Crippen LogP) is 5.65. The highest BCUT2D eigenvalue weighted by atomic mass is 19.1. The number of amides is 1. The maximum atomic E-state index is 15.1. The Bertz CT molecular complexity index is 1640. The first-order chi connectivity index (χ1) is 18.3. The van der Waals surface area contributed by atoms with Crippen LogP contribution in [0.3, 0.4) is 0 Å². The van der Waals surface area contributed by atoms with Crippen LogP contribution in [0.5, 0.6) is 0 Å². The number of hydrogen-bond acceptors (Lipinski definition) is 6. The summed E-state index contributed by atoms with van der Waals surface area (Å²) in [5, 5.41) is 6.50. The molecule has 2 N–H and O–H groups in total. The first kappa shape index (κ1) is 24.0. The topological polar surface area (TPSA) is 110 Å². The molecule has 1 saturated carbocycles. The van der Waals surface area contributed by atoms with Gasteiger partial charge in [-0.1, -0.05) is 68.4 Å². The van der Waals surface area contributed by atoms with Crippen molar-refractivity contribution >= 4 is 17.1 Å². The van der Waals surface area contributed by atoms with Crippen LogP contribution in [0.15, 0.2) is 65.3 Å². The van der Waals surface area contributed by atoms with Crippen molar-refractivity contribution in [2.75, 3.05) is 0 Å². The predicted molar refractivity (Wildman–Crippen MR) is 140 cm³/mol. The number of imidazole rings is 1. The normalized spacial score (nSPS) is 17.1. The van der Waals surface area contributed by atoms with Crippen molar-refractivity contribution in [3.05, 3.63) is 95.3 Å². The summed E-state index contributed by atoms with van der Waals surface area (Å²) in [6.07, 6.45) is 2.72. The molecule has 3 aromatic heterocycles. The van der Waals surface area contributed by atoms with Crippen LogP contribution in [0, 0.1) is 5.82 Å². The van der Waals surface area contributed by atoms with Crippen LogP contribution >= 0.6 is 0 Å². The van der Waals surface area contributed by atoms with Gasteiger partial charge in [0.15, 0.2) is 11.5 Å². The van der Waals surface area contributed by atoms with Crippen LogP contribution in [0.2, 0.25) is 0 Å². The van der Waals surface area contributed by atoms with Gasteiger partial charge in [0.25, 0.3) is 0 Å². The van der Waals surface area contributed by atoms with Gasteiger partial charge in [-0.05, 0) is 35.6 Å². The molecule has 1 aliphatic rings. The van der Waals surface area contributed by atoms with Gasteiger partial charge in [-0.25, -0.2) is 14.4 Å². The lowest BCUT2D eigenvalue weighted by atomic mass is 9.96. The quantitative estimate of drug-likeness (QED) is 0.306. The van der Waals surface area contributed by atoms with Crippen molar-refractivity contribution < 1.29 is 13.7 Å². The number of nitrogens with zero attached hydrogens (tertiary/aromatic N) is 4. The van der Waals surface area contributed by atoms with Gasteiger partial charge in [-0.3, -0.25) is 4.79 Å².